The Morgan fingerprint density at radius 1 is 0.938 bits per heavy atom. The maximum atomic E-state index is 13.8. The Morgan fingerprint density at radius 2 is 1.47 bits per heavy atom. The number of fused-ring (bicyclic) bond motifs is 1. The summed E-state index contributed by atoms with van der Waals surface area (Å²) in [4.78, 5) is 29.0. The predicted octanol–water partition coefficient (Wildman–Crippen LogP) is 2.44. The van der Waals surface area contributed by atoms with Gasteiger partial charge in [-0.2, -0.15) is 0 Å². The number of halogens is 1. The highest BCUT2D eigenvalue weighted by atomic mass is 32.2. The Hall–Kier alpha value is -2.94. The molecule has 1 unspecified atom stereocenters. The number of carbonyl (C=O) groups is 2. The van der Waals surface area contributed by atoms with Gasteiger partial charge >= 0.3 is 0 Å². The van der Waals surface area contributed by atoms with E-state index in [1.165, 1.54) is 16.6 Å². The third-order valence-electron chi connectivity index (χ3n) is 6.11. The van der Waals surface area contributed by atoms with Gasteiger partial charge in [-0.3, -0.25) is 13.9 Å². The Morgan fingerprint density at radius 3 is 2.00 bits per heavy atom. The van der Waals surface area contributed by atoms with Crippen LogP contribution in [-0.2, 0) is 16.4 Å². The number of carbonyl (C=O) groups excluding carboxylic acids is 2. The van der Waals surface area contributed by atoms with Crippen molar-refractivity contribution in [3.05, 3.63) is 64.5 Å². The van der Waals surface area contributed by atoms with E-state index in [0.717, 1.165) is 5.56 Å². The van der Waals surface area contributed by atoms with Crippen LogP contribution < -0.4 is 4.31 Å². The van der Waals surface area contributed by atoms with Gasteiger partial charge in [0.25, 0.3) is 11.8 Å². The smallest absolute Gasteiger partial charge is 0.254 e. The molecule has 2 amide bonds. The number of anilines is 1. The summed E-state index contributed by atoms with van der Waals surface area (Å²) in [5, 5.41) is 0. The minimum absolute atomic E-state index is 0.147. The van der Waals surface area contributed by atoms with E-state index in [2.05, 4.69) is 0 Å². The van der Waals surface area contributed by atoms with E-state index in [1.807, 2.05) is 6.92 Å². The SMILES string of the molecule is Cc1ccc(C(=O)N2CCN(C(=O)c3ccc4c(c3)CC(C)N4S(C)(=O)=O)CC2)cc1F. The monoisotopic (exact) mass is 459 g/mol. The molecule has 1 saturated heterocycles. The fourth-order valence-electron chi connectivity index (χ4n) is 4.44. The molecular weight excluding hydrogens is 433 g/mol. The molecule has 0 bridgehead atoms. The van der Waals surface area contributed by atoms with Gasteiger partial charge in [-0.1, -0.05) is 6.07 Å². The first kappa shape index (κ1) is 22.3. The van der Waals surface area contributed by atoms with Crippen LogP contribution in [0.15, 0.2) is 36.4 Å². The zero-order valence-electron chi connectivity index (χ0n) is 18.3. The van der Waals surface area contributed by atoms with Crippen LogP contribution in [0.5, 0.6) is 0 Å². The van der Waals surface area contributed by atoms with Gasteiger partial charge in [-0.15, -0.1) is 0 Å². The second-order valence-corrected chi connectivity index (χ2v) is 10.4. The Bertz CT molecular complexity index is 1190. The molecule has 32 heavy (non-hydrogen) atoms. The minimum atomic E-state index is -3.38. The molecule has 9 heteroatoms. The van der Waals surface area contributed by atoms with E-state index in [9.17, 15) is 22.4 Å². The first-order valence-electron chi connectivity index (χ1n) is 10.5. The zero-order valence-corrected chi connectivity index (χ0v) is 19.2. The standard InChI is InChI=1S/C23H26FN3O4S/c1-15-4-5-18(14-20(15)24)23(29)26-10-8-25(9-11-26)22(28)17-6-7-21-19(13-17)12-16(2)27(21)32(3,30)31/h4-7,13-14,16H,8-12H2,1-3H3. The van der Waals surface area contributed by atoms with Crippen LogP contribution >= 0.6 is 0 Å². The van der Waals surface area contributed by atoms with E-state index < -0.39 is 15.8 Å². The first-order chi connectivity index (χ1) is 15.1. The van der Waals surface area contributed by atoms with E-state index in [1.54, 1.807) is 47.1 Å². The number of piperazine rings is 1. The van der Waals surface area contributed by atoms with Gasteiger partial charge in [-0.05, 0) is 61.7 Å². The van der Waals surface area contributed by atoms with E-state index >= 15 is 0 Å². The van der Waals surface area contributed by atoms with Crippen LogP contribution in [0.2, 0.25) is 0 Å². The summed E-state index contributed by atoms with van der Waals surface area (Å²) >= 11 is 0. The molecule has 0 N–H and O–H groups in total. The Kier molecular flexibility index (Phi) is 5.70. The molecule has 2 aromatic carbocycles. The fourth-order valence-corrected chi connectivity index (χ4v) is 5.71. The number of hydrogen-bond donors (Lipinski definition) is 0. The lowest BCUT2D eigenvalue weighted by molar-refractivity contribution is 0.0535. The average molecular weight is 460 g/mol. The fraction of sp³-hybridized carbons (Fsp3) is 0.391. The van der Waals surface area contributed by atoms with Crippen molar-refractivity contribution in [1.82, 2.24) is 9.80 Å². The van der Waals surface area contributed by atoms with Crippen molar-refractivity contribution in [2.24, 2.45) is 0 Å². The summed E-state index contributed by atoms with van der Waals surface area (Å²) in [7, 11) is -3.38. The zero-order chi connectivity index (χ0) is 23.2. The lowest BCUT2D eigenvalue weighted by Crippen LogP contribution is -2.50. The van der Waals surface area contributed by atoms with Crippen LogP contribution in [0.3, 0.4) is 0 Å². The van der Waals surface area contributed by atoms with Crippen molar-refractivity contribution in [2.75, 3.05) is 36.7 Å². The van der Waals surface area contributed by atoms with E-state index in [4.69, 9.17) is 0 Å². The number of amides is 2. The molecule has 2 aliphatic heterocycles. The highest BCUT2D eigenvalue weighted by Gasteiger charge is 2.33. The second-order valence-electron chi connectivity index (χ2n) is 8.50. The number of aryl methyl sites for hydroxylation is 1. The van der Waals surface area contributed by atoms with Crippen LogP contribution in [0, 0.1) is 12.7 Å². The number of sulfonamides is 1. The van der Waals surface area contributed by atoms with Crippen LogP contribution in [0.25, 0.3) is 0 Å². The summed E-state index contributed by atoms with van der Waals surface area (Å²) in [6, 6.07) is 9.38. The highest BCUT2D eigenvalue weighted by Crippen LogP contribution is 2.35. The van der Waals surface area contributed by atoms with Gasteiger partial charge < -0.3 is 9.80 Å². The van der Waals surface area contributed by atoms with Crippen molar-refractivity contribution >= 4 is 27.5 Å². The van der Waals surface area contributed by atoms with E-state index in [0.29, 0.717) is 55.0 Å². The summed E-state index contributed by atoms with van der Waals surface area (Å²) in [5.74, 6) is -0.805. The molecule has 0 spiro atoms. The molecule has 2 heterocycles. The quantitative estimate of drug-likeness (QED) is 0.707. The molecule has 0 saturated carbocycles. The van der Waals surface area contributed by atoms with Crippen molar-refractivity contribution < 1.29 is 22.4 Å². The van der Waals surface area contributed by atoms with Crippen molar-refractivity contribution in [3.8, 4) is 0 Å². The number of hydrogen-bond acceptors (Lipinski definition) is 4. The van der Waals surface area contributed by atoms with Crippen LogP contribution in [-0.4, -0.2) is 68.5 Å². The summed E-state index contributed by atoms with van der Waals surface area (Å²) < 4.78 is 39.4. The number of rotatable bonds is 3. The molecule has 2 aliphatic rings. The normalized spacial score (nSPS) is 18.6. The van der Waals surface area contributed by atoms with Crippen LogP contribution in [0.4, 0.5) is 10.1 Å². The lowest BCUT2D eigenvalue weighted by atomic mass is 10.1. The van der Waals surface area contributed by atoms with Gasteiger partial charge in [0.05, 0.1) is 11.9 Å². The Balaban J connectivity index is 1.43. The molecular formula is C23H26FN3O4S. The van der Waals surface area contributed by atoms with Crippen molar-refractivity contribution in [1.29, 1.82) is 0 Å². The minimum Gasteiger partial charge on any atom is -0.335 e. The molecule has 0 aliphatic carbocycles. The third kappa shape index (κ3) is 4.09. The second kappa shape index (κ2) is 8.20. The predicted molar refractivity (Wildman–Crippen MR) is 120 cm³/mol. The lowest BCUT2D eigenvalue weighted by Gasteiger charge is -2.35. The molecule has 170 valence electrons. The highest BCUT2D eigenvalue weighted by molar-refractivity contribution is 7.92. The topological polar surface area (TPSA) is 78.0 Å². The average Bonchev–Trinajstić information content (AvgIpc) is 3.10. The molecule has 1 fully saturated rings. The summed E-state index contributed by atoms with van der Waals surface area (Å²) in [6.07, 6.45) is 1.74. The van der Waals surface area contributed by atoms with Gasteiger partial charge in [0.1, 0.15) is 5.82 Å². The first-order valence-corrected chi connectivity index (χ1v) is 12.4. The van der Waals surface area contributed by atoms with E-state index in [-0.39, 0.29) is 17.9 Å². The van der Waals surface area contributed by atoms with Gasteiger partial charge in [0, 0.05) is 43.3 Å². The number of nitrogens with zero attached hydrogens (tertiary/aromatic N) is 3. The number of benzene rings is 2. The van der Waals surface area contributed by atoms with Crippen LogP contribution in [0.1, 0.15) is 38.8 Å². The van der Waals surface area contributed by atoms with Gasteiger partial charge in [0.2, 0.25) is 10.0 Å². The third-order valence-corrected chi connectivity index (χ3v) is 7.38. The molecule has 0 aromatic heterocycles. The van der Waals surface area contributed by atoms with Gasteiger partial charge in [-0.25, -0.2) is 12.8 Å². The van der Waals surface area contributed by atoms with Crippen molar-refractivity contribution in [3.63, 3.8) is 0 Å². The molecule has 2 aromatic rings. The maximum Gasteiger partial charge on any atom is 0.254 e. The molecule has 1 atom stereocenters. The Labute approximate surface area is 187 Å². The summed E-state index contributed by atoms with van der Waals surface area (Å²) in [5.41, 5.74) is 2.75. The summed E-state index contributed by atoms with van der Waals surface area (Å²) in [6.45, 7) is 4.97. The molecule has 4 rings (SSSR count). The van der Waals surface area contributed by atoms with Crippen molar-refractivity contribution in [2.45, 2.75) is 26.3 Å². The van der Waals surface area contributed by atoms with Gasteiger partial charge in [0.15, 0.2) is 0 Å². The molecule has 0 radical (unpaired) electrons. The molecule has 7 nitrogen and oxygen atoms in total. The maximum absolute atomic E-state index is 13.8. The largest absolute Gasteiger partial charge is 0.335 e.